The Bertz CT molecular complexity index is 2020. The van der Waals surface area contributed by atoms with Gasteiger partial charge in [0.2, 0.25) is 17.6 Å². The molecule has 2 aliphatic heterocycles. The summed E-state index contributed by atoms with van der Waals surface area (Å²) in [6, 6.07) is 12.8. The van der Waals surface area contributed by atoms with Crippen LogP contribution in [0.2, 0.25) is 0 Å². The van der Waals surface area contributed by atoms with E-state index in [1.807, 2.05) is 0 Å². The zero-order valence-electron chi connectivity index (χ0n) is 25.9. The van der Waals surface area contributed by atoms with E-state index >= 15 is 8.78 Å². The number of hydrogen-bond donors (Lipinski definition) is 1. The predicted octanol–water partition coefficient (Wildman–Crippen LogP) is 6.25. The number of carbonyl (C=O) groups excluding carboxylic acids is 4. The average molecular weight is 735 g/mol. The number of ether oxygens (including phenoxy) is 1. The molecule has 15 heteroatoms. The number of fused-ring (bicyclic) bond motifs is 4. The normalized spacial score (nSPS) is 28.8. The van der Waals surface area contributed by atoms with Gasteiger partial charge in [-0.05, 0) is 37.3 Å². The number of para-hydroxylation sites is 1. The molecule has 50 heavy (non-hydrogen) atoms. The summed E-state index contributed by atoms with van der Waals surface area (Å²) in [4.78, 5) is 51.9. The standard InChI is InChI=1S/C35H25Cl2F5N2O6/c1-2-50-20-10-6-9-18(29(20)45)22-16-11-12-17-21(31(47)43(30(17)46)14-15-7-4-3-5-8-15)19(16)13-34(36)32(48)44(33(49)35(22,34)37)28-26(41)24(39)23(38)25(40)27(28)42/h3-11,17,19,21-22,45H,2,12-14H2,1H3. The fourth-order valence-corrected chi connectivity index (χ4v) is 8.87. The van der Waals surface area contributed by atoms with Crippen molar-refractivity contribution < 1.29 is 51.0 Å². The maximum Gasteiger partial charge on any atom is 0.258 e. The molecule has 2 saturated heterocycles. The van der Waals surface area contributed by atoms with Crippen molar-refractivity contribution in [1.82, 2.24) is 4.90 Å². The third-order valence-electron chi connectivity index (χ3n) is 10.1. The van der Waals surface area contributed by atoms with Crippen LogP contribution < -0.4 is 9.64 Å². The smallest absolute Gasteiger partial charge is 0.258 e. The maximum absolute atomic E-state index is 15.2. The first-order valence-electron chi connectivity index (χ1n) is 15.5. The third kappa shape index (κ3) is 4.41. The first kappa shape index (κ1) is 34.0. The number of hydrogen-bond acceptors (Lipinski definition) is 6. The molecular formula is C35H25Cl2F5N2O6. The molecular weight excluding hydrogens is 710 g/mol. The molecule has 3 fully saturated rings. The number of allylic oxidation sites excluding steroid dienone is 2. The second-order valence-electron chi connectivity index (χ2n) is 12.6. The Morgan fingerprint density at radius 1 is 0.840 bits per heavy atom. The lowest BCUT2D eigenvalue weighted by Crippen LogP contribution is -2.60. The summed E-state index contributed by atoms with van der Waals surface area (Å²) >= 11 is 14.3. The summed E-state index contributed by atoms with van der Waals surface area (Å²) in [5.41, 5.74) is -1.15. The van der Waals surface area contributed by atoms with Gasteiger partial charge in [-0.15, -0.1) is 23.2 Å². The molecule has 8 nitrogen and oxygen atoms in total. The summed E-state index contributed by atoms with van der Waals surface area (Å²) in [5.74, 6) is -22.1. The molecule has 0 bridgehead atoms. The van der Waals surface area contributed by atoms with E-state index < -0.39 is 104 Å². The van der Waals surface area contributed by atoms with Crippen molar-refractivity contribution in [3.63, 3.8) is 0 Å². The van der Waals surface area contributed by atoms with Gasteiger partial charge in [-0.3, -0.25) is 24.1 Å². The number of amides is 4. The number of benzene rings is 3. The predicted molar refractivity (Wildman–Crippen MR) is 168 cm³/mol. The zero-order valence-corrected chi connectivity index (χ0v) is 27.4. The Kier molecular flexibility index (Phi) is 8.02. The van der Waals surface area contributed by atoms with Crippen molar-refractivity contribution in [3.8, 4) is 11.5 Å². The molecule has 260 valence electrons. The van der Waals surface area contributed by atoms with Gasteiger partial charge < -0.3 is 9.84 Å². The first-order valence-corrected chi connectivity index (χ1v) is 16.3. The SMILES string of the molecule is CCOc1cccc(C2C3=CCC4C(=O)N(Cc5ccccc5)C(=O)C4C3CC3(Cl)C(=O)N(c4c(F)c(F)c(F)c(F)c4F)C(=O)C23Cl)c1O. The van der Waals surface area contributed by atoms with E-state index in [-0.39, 0.29) is 41.4 Å². The molecule has 4 amide bonds. The highest BCUT2D eigenvalue weighted by molar-refractivity contribution is 6.58. The summed E-state index contributed by atoms with van der Waals surface area (Å²) in [7, 11) is 0. The Morgan fingerprint density at radius 3 is 2.12 bits per heavy atom. The Labute approximate surface area is 291 Å². The topological polar surface area (TPSA) is 104 Å². The molecule has 0 radical (unpaired) electrons. The van der Waals surface area contributed by atoms with Crippen molar-refractivity contribution >= 4 is 52.5 Å². The van der Waals surface area contributed by atoms with Gasteiger partial charge in [-0.25, -0.2) is 26.9 Å². The van der Waals surface area contributed by atoms with E-state index in [1.165, 1.54) is 18.2 Å². The van der Waals surface area contributed by atoms with Crippen molar-refractivity contribution in [2.24, 2.45) is 17.8 Å². The second-order valence-corrected chi connectivity index (χ2v) is 13.8. The number of carbonyl (C=O) groups is 4. The minimum absolute atomic E-state index is 0.0273. The largest absolute Gasteiger partial charge is 0.504 e. The van der Waals surface area contributed by atoms with Gasteiger partial charge in [0.25, 0.3) is 11.8 Å². The van der Waals surface area contributed by atoms with E-state index in [0.29, 0.717) is 5.56 Å². The monoisotopic (exact) mass is 734 g/mol. The zero-order chi connectivity index (χ0) is 36.0. The second kappa shape index (κ2) is 11.8. The molecule has 3 aromatic carbocycles. The Balaban J connectivity index is 1.42. The highest BCUT2D eigenvalue weighted by Gasteiger charge is 2.77. The minimum atomic E-state index is -2.77. The van der Waals surface area contributed by atoms with E-state index in [9.17, 15) is 37.5 Å². The van der Waals surface area contributed by atoms with E-state index in [2.05, 4.69) is 0 Å². The molecule has 1 saturated carbocycles. The molecule has 0 aromatic heterocycles. The van der Waals surface area contributed by atoms with E-state index in [1.54, 1.807) is 43.3 Å². The number of alkyl halides is 2. The van der Waals surface area contributed by atoms with E-state index in [4.69, 9.17) is 27.9 Å². The van der Waals surface area contributed by atoms with Gasteiger partial charge in [0.15, 0.2) is 44.5 Å². The number of phenols is 1. The molecule has 1 N–H and O–H groups in total. The van der Waals surface area contributed by atoms with Crippen molar-refractivity contribution in [2.75, 3.05) is 11.5 Å². The van der Waals surface area contributed by atoms with Crippen LogP contribution in [0.15, 0.2) is 60.2 Å². The highest BCUT2D eigenvalue weighted by Crippen LogP contribution is 2.67. The van der Waals surface area contributed by atoms with Gasteiger partial charge in [0, 0.05) is 11.5 Å². The molecule has 2 aliphatic carbocycles. The van der Waals surface area contributed by atoms with Crippen LogP contribution in [0, 0.1) is 46.8 Å². The number of likely N-dealkylation sites (tertiary alicyclic amines) is 1. The lowest BCUT2D eigenvalue weighted by atomic mass is 9.56. The third-order valence-corrected chi connectivity index (χ3v) is 11.6. The molecule has 4 aliphatic rings. The van der Waals surface area contributed by atoms with Crippen molar-refractivity contribution in [3.05, 3.63) is 100 Å². The van der Waals surface area contributed by atoms with Crippen LogP contribution in [0.4, 0.5) is 27.6 Å². The number of rotatable bonds is 6. The van der Waals surface area contributed by atoms with Gasteiger partial charge in [0.05, 0.1) is 25.0 Å². The average Bonchev–Trinajstić information content (AvgIpc) is 3.42. The fraction of sp³-hybridized carbons (Fsp3) is 0.314. The van der Waals surface area contributed by atoms with Crippen LogP contribution in [-0.4, -0.2) is 50.0 Å². The van der Waals surface area contributed by atoms with Gasteiger partial charge >= 0.3 is 0 Å². The first-order chi connectivity index (χ1) is 23.7. The molecule has 2 heterocycles. The Hall–Kier alpha value is -4.49. The summed E-state index contributed by atoms with van der Waals surface area (Å²) < 4.78 is 78.9. The molecule has 3 aromatic rings. The summed E-state index contributed by atoms with van der Waals surface area (Å²) in [6.45, 7) is 1.65. The van der Waals surface area contributed by atoms with Crippen LogP contribution in [0.3, 0.4) is 0 Å². The van der Waals surface area contributed by atoms with Crippen LogP contribution in [0.5, 0.6) is 11.5 Å². The van der Waals surface area contributed by atoms with Crippen LogP contribution in [-0.2, 0) is 25.7 Å². The lowest BCUT2D eigenvalue weighted by Gasteiger charge is -2.50. The number of anilines is 1. The highest BCUT2D eigenvalue weighted by atomic mass is 35.5. The van der Waals surface area contributed by atoms with Gasteiger partial charge in [0.1, 0.15) is 5.69 Å². The minimum Gasteiger partial charge on any atom is -0.504 e. The van der Waals surface area contributed by atoms with Gasteiger partial charge in [-0.1, -0.05) is 54.1 Å². The molecule has 0 spiro atoms. The fourth-order valence-electron chi connectivity index (χ4n) is 7.94. The van der Waals surface area contributed by atoms with E-state index in [0.717, 1.165) is 4.90 Å². The van der Waals surface area contributed by atoms with Crippen LogP contribution >= 0.6 is 23.2 Å². The van der Waals surface area contributed by atoms with Crippen molar-refractivity contribution in [2.45, 2.75) is 42.0 Å². The van der Waals surface area contributed by atoms with Crippen LogP contribution in [0.1, 0.15) is 36.8 Å². The van der Waals surface area contributed by atoms with Crippen molar-refractivity contribution in [1.29, 1.82) is 0 Å². The maximum atomic E-state index is 15.2. The number of nitrogens with zero attached hydrogens (tertiary/aromatic N) is 2. The molecule has 7 rings (SSSR count). The lowest BCUT2D eigenvalue weighted by molar-refractivity contribution is -0.141. The number of halogens is 7. The molecule has 6 unspecified atom stereocenters. The summed E-state index contributed by atoms with van der Waals surface area (Å²) in [6.07, 6.45) is 0.878. The van der Waals surface area contributed by atoms with Crippen LogP contribution in [0.25, 0.3) is 0 Å². The quantitative estimate of drug-likeness (QED) is 0.0803. The van der Waals surface area contributed by atoms with Gasteiger partial charge in [-0.2, -0.15) is 0 Å². The number of aromatic hydroxyl groups is 1. The number of phenolic OH excluding ortho intramolecular Hbond substituents is 1. The Morgan fingerprint density at radius 2 is 1.48 bits per heavy atom. The number of imide groups is 2. The summed E-state index contributed by atoms with van der Waals surface area (Å²) in [5, 5.41) is 11.4. The molecule has 6 atom stereocenters.